The Kier molecular flexibility index (Phi) is 5.90. The molecular formula is C20H25N3O2. The molecule has 0 saturated carbocycles. The van der Waals surface area contributed by atoms with Crippen molar-refractivity contribution in [3.05, 3.63) is 66.2 Å². The third kappa shape index (κ3) is 4.97. The van der Waals surface area contributed by atoms with E-state index in [0.717, 1.165) is 25.1 Å². The molecule has 2 atom stereocenters. The fraction of sp³-hybridized carbons (Fsp3) is 0.350. The summed E-state index contributed by atoms with van der Waals surface area (Å²) in [6.07, 6.45) is 1.54. The average molecular weight is 339 g/mol. The quantitative estimate of drug-likeness (QED) is 0.756. The SMILES string of the molecule is O=C(N[C@H](CO)Cc1ccccc1)N[C@@H]1CCN(c2ccccc2)C1. The highest BCUT2D eigenvalue weighted by atomic mass is 16.3. The van der Waals surface area contributed by atoms with Crippen molar-refractivity contribution in [2.24, 2.45) is 0 Å². The normalized spacial score (nSPS) is 18.0. The largest absolute Gasteiger partial charge is 0.394 e. The first-order chi connectivity index (χ1) is 12.2. The van der Waals surface area contributed by atoms with E-state index in [1.807, 2.05) is 48.5 Å². The van der Waals surface area contributed by atoms with Gasteiger partial charge in [-0.2, -0.15) is 0 Å². The molecule has 132 valence electrons. The lowest BCUT2D eigenvalue weighted by molar-refractivity contribution is 0.213. The minimum absolute atomic E-state index is 0.0802. The van der Waals surface area contributed by atoms with Gasteiger partial charge in [-0.25, -0.2) is 4.79 Å². The van der Waals surface area contributed by atoms with Crippen LogP contribution in [0.25, 0.3) is 0 Å². The summed E-state index contributed by atoms with van der Waals surface area (Å²) in [5.41, 5.74) is 2.28. The van der Waals surface area contributed by atoms with E-state index in [1.54, 1.807) is 0 Å². The highest BCUT2D eigenvalue weighted by Gasteiger charge is 2.24. The predicted octanol–water partition coefficient (Wildman–Crippen LogP) is 2.17. The summed E-state index contributed by atoms with van der Waals surface area (Å²) >= 11 is 0. The number of aliphatic hydroxyl groups excluding tert-OH is 1. The lowest BCUT2D eigenvalue weighted by Gasteiger charge is -2.21. The highest BCUT2D eigenvalue weighted by Crippen LogP contribution is 2.19. The predicted molar refractivity (Wildman–Crippen MR) is 99.7 cm³/mol. The third-order valence-corrected chi connectivity index (χ3v) is 4.53. The zero-order chi connectivity index (χ0) is 17.5. The lowest BCUT2D eigenvalue weighted by atomic mass is 10.1. The second-order valence-electron chi connectivity index (χ2n) is 6.45. The monoisotopic (exact) mass is 339 g/mol. The molecule has 1 fully saturated rings. The number of benzene rings is 2. The Morgan fingerprint density at radius 3 is 2.48 bits per heavy atom. The minimum atomic E-state index is -0.283. The van der Waals surface area contributed by atoms with Crippen LogP contribution in [0.3, 0.4) is 0 Å². The van der Waals surface area contributed by atoms with Crippen LogP contribution in [0.4, 0.5) is 10.5 Å². The summed E-state index contributed by atoms with van der Waals surface area (Å²) in [6.45, 7) is 1.66. The smallest absolute Gasteiger partial charge is 0.315 e. The number of carbonyl (C=O) groups is 1. The molecule has 5 heteroatoms. The topological polar surface area (TPSA) is 64.6 Å². The van der Waals surface area contributed by atoms with Crippen molar-refractivity contribution < 1.29 is 9.90 Å². The van der Waals surface area contributed by atoms with Crippen LogP contribution in [0.1, 0.15) is 12.0 Å². The fourth-order valence-electron chi connectivity index (χ4n) is 3.22. The number of para-hydroxylation sites is 1. The maximum absolute atomic E-state index is 12.2. The van der Waals surface area contributed by atoms with Gasteiger partial charge >= 0.3 is 6.03 Å². The minimum Gasteiger partial charge on any atom is -0.394 e. The molecular weight excluding hydrogens is 314 g/mol. The molecule has 2 aromatic rings. The van der Waals surface area contributed by atoms with E-state index in [4.69, 9.17) is 0 Å². The van der Waals surface area contributed by atoms with Crippen LogP contribution >= 0.6 is 0 Å². The molecule has 0 aliphatic carbocycles. The van der Waals surface area contributed by atoms with Gasteiger partial charge in [0.05, 0.1) is 12.6 Å². The first-order valence-corrected chi connectivity index (χ1v) is 8.76. The number of carbonyl (C=O) groups excluding carboxylic acids is 1. The van der Waals surface area contributed by atoms with Gasteiger partial charge in [0, 0.05) is 24.8 Å². The maximum Gasteiger partial charge on any atom is 0.315 e. The number of hydrogen-bond donors (Lipinski definition) is 3. The van der Waals surface area contributed by atoms with E-state index < -0.39 is 0 Å². The number of anilines is 1. The molecule has 0 bridgehead atoms. The van der Waals surface area contributed by atoms with Crippen LogP contribution in [-0.2, 0) is 6.42 Å². The van der Waals surface area contributed by atoms with Gasteiger partial charge in [0.15, 0.2) is 0 Å². The number of nitrogens with zero attached hydrogens (tertiary/aromatic N) is 1. The van der Waals surface area contributed by atoms with Crippen LogP contribution in [0.15, 0.2) is 60.7 Å². The van der Waals surface area contributed by atoms with E-state index in [2.05, 4.69) is 27.7 Å². The summed E-state index contributed by atoms with van der Waals surface area (Å²) < 4.78 is 0. The Bertz CT molecular complexity index is 663. The van der Waals surface area contributed by atoms with E-state index in [9.17, 15) is 9.90 Å². The van der Waals surface area contributed by atoms with Gasteiger partial charge in [-0.15, -0.1) is 0 Å². The van der Waals surface area contributed by atoms with E-state index in [-0.39, 0.29) is 24.7 Å². The first kappa shape index (κ1) is 17.3. The molecule has 0 unspecified atom stereocenters. The molecule has 25 heavy (non-hydrogen) atoms. The molecule has 1 heterocycles. The van der Waals surface area contributed by atoms with Crippen molar-refractivity contribution in [1.82, 2.24) is 10.6 Å². The Hall–Kier alpha value is -2.53. The molecule has 3 N–H and O–H groups in total. The van der Waals surface area contributed by atoms with Crippen LogP contribution in [0, 0.1) is 0 Å². The number of nitrogens with one attached hydrogen (secondary N) is 2. The Balaban J connectivity index is 1.47. The number of aliphatic hydroxyl groups is 1. The number of amides is 2. The molecule has 2 amide bonds. The second kappa shape index (κ2) is 8.53. The van der Waals surface area contributed by atoms with Gasteiger partial charge in [0.2, 0.25) is 0 Å². The second-order valence-corrected chi connectivity index (χ2v) is 6.45. The maximum atomic E-state index is 12.2. The number of rotatable bonds is 6. The van der Waals surface area contributed by atoms with Crippen molar-refractivity contribution in [3.63, 3.8) is 0 Å². The van der Waals surface area contributed by atoms with Gasteiger partial charge in [-0.3, -0.25) is 0 Å². The lowest BCUT2D eigenvalue weighted by Crippen LogP contribution is -2.48. The Morgan fingerprint density at radius 2 is 1.80 bits per heavy atom. The standard InChI is InChI=1S/C20H25N3O2/c24-15-18(13-16-7-3-1-4-8-16)22-20(25)21-17-11-12-23(14-17)19-9-5-2-6-10-19/h1-10,17-18,24H,11-15H2,(H2,21,22,25)/t17-,18+/m1/s1. The summed E-state index contributed by atoms with van der Waals surface area (Å²) in [4.78, 5) is 14.5. The fourth-order valence-corrected chi connectivity index (χ4v) is 3.22. The van der Waals surface area contributed by atoms with Crippen molar-refractivity contribution in [1.29, 1.82) is 0 Å². The Labute approximate surface area is 148 Å². The molecule has 0 radical (unpaired) electrons. The number of hydrogen-bond acceptors (Lipinski definition) is 3. The van der Waals surface area contributed by atoms with Gasteiger partial charge in [-0.1, -0.05) is 48.5 Å². The third-order valence-electron chi connectivity index (χ3n) is 4.53. The summed E-state index contributed by atoms with van der Waals surface area (Å²) in [7, 11) is 0. The van der Waals surface area contributed by atoms with Crippen molar-refractivity contribution >= 4 is 11.7 Å². The van der Waals surface area contributed by atoms with Gasteiger partial charge in [0.25, 0.3) is 0 Å². The van der Waals surface area contributed by atoms with Crippen LogP contribution in [0.2, 0.25) is 0 Å². The van der Waals surface area contributed by atoms with Gasteiger partial charge in [-0.05, 0) is 30.5 Å². The number of urea groups is 1. The molecule has 1 saturated heterocycles. The van der Waals surface area contributed by atoms with Crippen LogP contribution in [-0.4, -0.2) is 42.9 Å². The highest BCUT2D eigenvalue weighted by molar-refractivity contribution is 5.74. The molecule has 5 nitrogen and oxygen atoms in total. The zero-order valence-electron chi connectivity index (χ0n) is 14.3. The van der Waals surface area contributed by atoms with Crippen LogP contribution < -0.4 is 15.5 Å². The molecule has 0 spiro atoms. The van der Waals surface area contributed by atoms with E-state index in [0.29, 0.717) is 6.42 Å². The van der Waals surface area contributed by atoms with Gasteiger partial charge < -0.3 is 20.6 Å². The summed E-state index contributed by atoms with van der Waals surface area (Å²) in [5.74, 6) is 0. The molecule has 3 rings (SSSR count). The van der Waals surface area contributed by atoms with Crippen molar-refractivity contribution in [2.75, 3.05) is 24.6 Å². The van der Waals surface area contributed by atoms with E-state index >= 15 is 0 Å². The van der Waals surface area contributed by atoms with Crippen LogP contribution in [0.5, 0.6) is 0 Å². The molecule has 1 aliphatic rings. The zero-order valence-corrected chi connectivity index (χ0v) is 14.3. The summed E-state index contributed by atoms with van der Waals surface area (Å²) in [6, 6.07) is 19.7. The van der Waals surface area contributed by atoms with Crippen molar-refractivity contribution in [2.45, 2.75) is 24.9 Å². The Morgan fingerprint density at radius 1 is 1.12 bits per heavy atom. The molecule has 2 aromatic carbocycles. The molecule has 1 aliphatic heterocycles. The first-order valence-electron chi connectivity index (χ1n) is 8.76. The molecule has 0 aromatic heterocycles. The summed E-state index contributed by atoms with van der Waals surface area (Å²) in [5, 5.41) is 15.4. The van der Waals surface area contributed by atoms with E-state index in [1.165, 1.54) is 5.69 Å². The average Bonchev–Trinajstić information content (AvgIpc) is 3.11. The van der Waals surface area contributed by atoms with Gasteiger partial charge in [0.1, 0.15) is 0 Å². The van der Waals surface area contributed by atoms with Crippen molar-refractivity contribution in [3.8, 4) is 0 Å².